The summed E-state index contributed by atoms with van der Waals surface area (Å²) in [4.78, 5) is 12.4. The van der Waals surface area contributed by atoms with Gasteiger partial charge >= 0.3 is 12.1 Å². The molecule has 0 saturated heterocycles. The molecule has 0 spiro atoms. The van der Waals surface area contributed by atoms with Gasteiger partial charge in [0.25, 0.3) is 0 Å². The summed E-state index contributed by atoms with van der Waals surface area (Å²) in [6, 6.07) is 16.1. The molecule has 0 N–H and O–H groups in total. The van der Waals surface area contributed by atoms with Crippen molar-refractivity contribution in [3.63, 3.8) is 0 Å². The number of hydrogen-bond acceptors (Lipinski definition) is 3. The number of benzene rings is 2. The lowest BCUT2D eigenvalue weighted by atomic mass is 10.1. The van der Waals surface area contributed by atoms with Gasteiger partial charge in [-0.05, 0) is 19.1 Å². The third-order valence-corrected chi connectivity index (χ3v) is 3.68. The number of para-hydroxylation sites is 1. The monoisotopic (exact) mass is 360 g/mol. The second kappa shape index (κ2) is 7.03. The van der Waals surface area contributed by atoms with Crippen molar-refractivity contribution >= 4 is 5.97 Å². The van der Waals surface area contributed by atoms with Crippen molar-refractivity contribution in [2.45, 2.75) is 13.1 Å². The number of carbonyl (C=O) groups excluding carboxylic acids is 1. The van der Waals surface area contributed by atoms with Crippen LogP contribution in [0.4, 0.5) is 13.2 Å². The van der Waals surface area contributed by atoms with Gasteiger partial charge in [0.1, 0.15) is 11.3 Å². The molecule has 0 aliphatic carbocycles. The maximum Gasteiger partial charge on any atom is 0.434 e. The Hall–Kier alpha value is -3.09. The maximum atomic E-state index is 13.9. The largest absolute Gasteiger partial charge is 0.462 e. The molecule has 4 nitrogen and oxygen atoms in total. The number of nitrogens with zero attached hydrogens (tertiary/aromatic N) is 2. The first-order chi connectivity index (χ1) is 12.4. The normalized spacial score (nSPS) is 11.4. The highest BCUT2D eigenvalue weighted by Crippen LogP contribution is 2.38. The number of carbonyl (C=O) groups is 1. The molecule has 0 unspecified atom stereocenters. The van der Waals surface area contributed by atoms with Crippen molar-refractivity contribution in [1.82, 2.24) is 9.78 Å². The highest BCUT2D eigenvalue weighted by atomic mass is 19.4. The van der Waals surface area contributed by atoms with Crippen LogP contribution in [0.5, 0.6) is 0 Å². The second-order valence-corrected chi connectivity index (χ2v) is 5.40. The Balaban J connectivity index is 2.34. The molecule has 7 heteroatoms. The maximum absolute atomic E-state index is 13.9. The molecule has 26 heavy (non-hydrogen) atoms. The lowest BCUT2D eigenvalue weighted by molar-refractivity contribution is -0.143. The lowest BCUT2D eigenvalue weighted by Crippen LogP contribution is -2.18. The van der Waals surface area contributed by atoms with E-state index in [1.165, 1.54) is 19.1 Å². The zero-order valence-electron chi connectivity index (χ0n) is 13.8. The van der Waals surface area contributed by atoms with Crippen molar-refractivity contribution in [2.75, 3.05) is 6.61 Å². The molecule has 0 atom stereocenters. The predicted molar refractivity (Wildman–Crippen MR) is 90.0 cm³/mol. The van der Waals surface area contributed by atoms with E-state index < -0.39 is 23.4 Å². The molecule has 3 rings (SSSR count). The standard InChI is InChI=1S/C19H15F3N2O2/c1-2-26-18(25)15-16(13-9-5-3-6-10-13)23-24(17(15)19(20,21)22)14-11-7-4-8-12-14/h3-12H,2H2,1H3. The van der Waals surface area contributed by atoms with E-state index in [9.17, 15) is 18.0 Å². The zero-order valence-corrected chi connectivity index (χ0v) is 13.8. The van der Waals surface area contributed by atoms with Crippen LogP contribution >= 0.6 is 0 Å². The molecular formula is C19H15F3N2O2. The number of rotatable bonds is 4. The molecule has 0 aliphatic heterocycles. The third kappa shape index (κ3) is 3.33. The third-order valence-electron chi connectivity index (χ3n) is 3.68. The lowest BCUT2D eigenvalue weighted by Gasteiger charge is -2.12. The van der Waals surface area contributed by atoms with Crippen LogP contribution in [0.2, 0.25) is 0 Å². The van der Waals surface area contributed by atoms with Crippen LogP contribution in [-0.2, 0) is 10.9 Å². The van der Waals surface area contributed by atoms with Gasteiger partial charge in [-0.3, -0.25) is 0 Å². The molecule has 134 valence electrons. The number of halogens is 3. The van der Waals surface area contributed by atoms with Crippen LogP contribution in [0.3, 0.4) is 0 Å². The Morgan fingerprint density at radius 3 is 2.15 bits per heavy atom. The van der Waals surface area contributed by atoms with Crippen LogP contribution in [0.25, 0.3) is 16.9 Å². The second-order valence-electron chi connectivity index (χ2n) is 5.40. The summed E-state index contributed by atoms with van der Waals surface area (Å²) < 4.78 is 47.2. The smallest absolute Gasteiger partial charge is 0.434 e. The van der Waals surface area contributed by atoms with E-state index in [1.54, 1.807) is 48.5 Å². The van der Waals surface area contributed by atoms with E-state index in [0.717, 1.165) is 4.68 Å². The van der Waals surface area contributed by atoms with Crippen LogP contribution in [0.15, 0.2) is 60.7 Å². The summed E-state index contributed by atoms with van der Waals surface area (Å²) in [6.45, 7) is 1.50. The summed E-state index contributed by atoms with van der Waals surface area (Å²) in [6.07, 6.45) is -4.79. The molecule has 2 aromatic carbocycles. The van der Waals surface area contributed by atoms with Gasteiger partial charge in [-0.1, -0.05) is 48.5 Å². The van der Waals surface area contributed by atoms with Crippen molar-refractivity contribution in [3.8, 4) is 16.9 Å². The average Bonchev–Trinajstić information content (AvgIpc) is 3.04. The Kier molecular flexibility index (Phi) is 4.79. The summed E-state index contributed by atoms with van der Waals surface area (Å²) in [5, 5.41) is 4.12. The molecule has 1 aromatic heterocycles. The summed E-state index contributed by atoms with van der Waals surface area (Å²) in [5.74, 6) is -1.05. The molecule has 0 bridgehead atoms. The minimum atomic E-state index is -4.79. The minimum Gasteiger partial charge on any atom is -0.462 e. The molecule has 0 radical (unpaired) electrons. The first-order valence-electron chi connectivity index (χ1n) is 7.91. The Morgan fingerprint density at radius 1 is 1.04 bits per heavy atom. The van der Waals surface area contributed by atoms with E-state index in [2.05, 4.69) is 5.10 Å². The topological polar surface area (TPSA) is 44.1 Å². The van der Waals surface area contributed by atoms with E-state index >= 15 is 0 Å². The van der Waals surface area contributed by atoms with Gasteiger partial charge in [-0.25, -0.2) is 9.48 Å². The van der Waals surface area contributed by atoms with Crippen molar-refractivity contribution in [3.05, 3.63) is 71.9 Å². The summed E-state index contributed by atoms with van der Waals surface area (Å²) in [7, 11) is 0. The zero-order chi connectivity index (χ0) is 18.7. The van der Waals surface area contributed by atoms with E-state index in [4.69, 9.17) is 4.74 Å². The fourth-order valence-electron chi connectivity index (χ4n) is 2.63. The first kappa shape index (κ1) is 17.7. The van der Waals surface area contributed by atoms with Gasteiger partial charge in [0, 0.05) is 5.56 Å². The van der Waals surface area contributed by atoms with Crippen LogP contribution in [0.1, 0.15) is 23.0 Å². The fraction of sp³-hybridized carbons (Fsp3) is 0.158. The molecule has 0 saturated carbocycles. The number of esters is 1. The van der Waals surface area contributed by atoms with Gasteiger partial charge in [0.05, 0.1) is 12.3 Å². The van der Waals surface area contributed by atoms with Gasteiger partial charge in [0.2, 0.25) is 0 Å². The number of aromatic nitrogens is 2. The van der Waals surface area contributed by atoms with Gasteiger partial charge in [-0.15, -0.1) is 0 Å². The molecule has 0 amide bonds. The van der Waals surface area contributed by atoms with Crippen molar-refractivity contribution in [1.29, 1.82) is 0 Å². The molecule has 1 heterocycles. The van der Waals surface area contributed by atoms with Gasteiger partial charge < -0.3 is 4.74 Å². The van der Waals surface area contributed by atoms with Crippen LogP contribution in [0, 0.1) is 0 Å². The van der Waals surface area contributed by atoms with E-state index in [-0.39, 0.29) is 18.0 Å². The number of ether oxygens (including phenoxy) is 1. The summed E-state index contributed by atoms with van der Waals surface area (Å²) >= 11 is 0. The molecule has 3 aromatic rings. The average molecular weight is 360 g/mol. The quantitative estimate of drug-likeness (QED) is 0.632. The molecule has 0 fully saturated rings. The van der Waals surface area contributed by atoms with Crippen LogP contribution < -0.4 is 0 Å². The predicted octanol–water partition coefficient (Wildman–Crippen LogP) is 4.73. The molecule has 0 aliphatic rings. The van der Waals surface area contributed by atoms with Gasteiger partial charge in [-0.2, -0.15) is 18.3 Å². The fourth-order valence-corrected chi connectivity index (χ4v) is 2.63. The SMILES string of the molecule is CCOC(=O)c1c(-c2ccccc2)nn(-c2ccccc2)c1C(F)(F)F. The first-order valence-corrected chi connectivity index (χ1v) is 7.91. The Labute approximate surface area is 147 Å². The summed E-state index contributed by atoms with van der Waals surface area (Å²) in [5.41, 5.74) is -1.21. The van der Waals surface area contributed by atoms with E-state index in [1.807, 2.05) is 0 Å². The van der Waals surface area contributed by atoms with Gasteiger partial charge in [0.15, 0.2) is 5.69 Å². The van der Waals surface area contributed by atoms with E-state index in [0.29, 0.717) is 5.56 Å². The number of alkyl halides is 3. The Morgan fingerprint density at radius 2 is 1.62 bits per heavy atom. The van der Waals surface area contributed by atoms with Crippen LogP contribution in [-0.4, -0.2) is 22.4 Å². The highest BCUT2D eigenvalue weighted by Gasteiger charge is 2.43. The van der Waals surface area contributed by atoms with Crippen molar-refractivity contribution in [2.24, 2.45) is 0 Å². The minimum absolute atomic E-state index is 0.0408. The van der Waals surface area contributed by atoms with Crippen molar-refractivity contribution < 1.29 is 22.7 Å². The highest BCUT2D eigenvalue weighted by molar-refractivity contribution is 5.98. The Bertz CT molecular complexity index is 904. The number of hydrogen-bond donors (Lipinski definition) is 0. The molecular weight excluding hydrogens is 345 g/mol.